The first kappa shape index (κ1) is 19.6. The summed E-state index contributed by atoms with van der Waals surface area (Å²) in [6.07, 6.45) is 2.58. The SMILES string of the molecule is CC1CC(C)CN(S(=O)(=O)c2ccc(C(=O)Nn3cnc4ccccc43)cc2)C1. The molecule has 0 radical (unpaired) electrons. The van der Waals surface area contributed by atoms with Crippen LogP contribution in [0, 0.1) is 11.8 Å². The zero-order chi connectivity index (χ0) is 20.6. The van der Waals surface area contributed by atoms with E-state index in [1.54, 1.807) is 15.3 Å². The lowest BCUT2D eigenvalue weighted by Gasteiger charge is -2.34. The molecule has 1 fully saturated rings. The van der Waals surface area contributed by atoms with Gasteiger partial charge in [0.2, 0.25) is 10.0 Å². The van der Waals surface area contributed by atoms with Crippen molar-refractivity contribution in [2.45, 2.75) is 25.2 Å². The van der Waals surface area contributed by atoms with E-state index in [1.165, 1.54) is 24.3 Å². The summed E-state index contributed by atoms with van der Waals surface area (Å²) in [4.78, 5) is 17.0. The lowest BCUT2D eigenvalue weighted by atomic mass is 9.94. The number of para-hydroxylation sites is 2. The van der Waals surface area contributed by atoms with Crippen LogP contribution in [0.15, 0.2) is 59.8 Å². The van der Waals surface area contributed by atoms with E-state index >= 15 is 0 Å². The van der Waals surface area contributed by atoms with Gasteiger partial charge in [0.05, 0.1) is 15.9 Å². The zero-order valence-electron chi connectivity index (χ0n) is 16.4. The minimum atomic E-state index is -3.56. The number of imidazole rings is 1. The third-order valence-electron chi connectivity index (χ3n) is 5.27. The zero-order valence-corrected chi connectivity index (χ0v) is 17.3. The van der Waals surface area contributed by atoms with Gasteiger partial charge < -0.3 is 0 Å². The summed E-state index contributed by atoms with van der Waals surface area (Å²) < 4.78 is 29.1. The molecule has 1 saturated heterocycles. The standard InChI is InChI=1S/C21H24N4O3S/c1-15-11-16(2)13-24(12-15)29(27,28)18-9-7-17(8-10-18)21(26)23-25-14-22-19-5-3-4-6-20(19)25/h3-10,14-16H,11-13H2,1-2H3,(H,23,26). The number of benzene rings is 2. The molecule has 2 atom stereocenters. The molecular formula is C21H24N4O3S. The van der Waals surface area contributed by atoms with Crippen molar-refractivity contribution in [1.29, 1.82) is 0 Å². The number of sulfonamides is 1. The van der Waals surface area contributed by atoms with Crippen molar-refractivity contribution >= 4 is 27.0 Å². The van der Waals surface area contributed by atoms with Crippen molar-refractivity contribution in [1.82, 2.24) is 14.0 Å². The first-order chi connectivity index (χ1) is 13.8. The molecule has 0 saturated carbocycles. The van der Waals surface area contributed by atoms with E-state index in [-0.39, 0.29) is 10.8 Å². The Balaban J connectivity index is 1.52. The van der Waals surface area contributed by atoms with Crippen LogP contribution in [0.2, 0.25) is 0 Å². The second-order valence-corrected chi connectivity index (χ2v) is 9.77. The lowest BCUT2D eigenvalue weighted by Crippen LogP contribution is -2.42. The Morgan fingerprint density at radius 1 is 1.03 bits per heavy atom. The summed E-state index contributed by atoms with van der Waals surface area (Å²) in [6.45, 7) is 5.21. The fourth-order valence-electron chi connectivity index (χ4n) is 3.95. The van der Waals surface area contributed by atoms with Gasteiger partial charge >= 0.3 is 0 Å². The van der Waals surface area contributed by atoms with Gasteiger partial charge in [-0.25, -0.2) is 18.1 Å². The molecule has 8 heteroatoms. The highest BCUT2D eigenvalue weighted by Crippen LogP contribution is 2.26. The van der Waals surface area contributed by atoms with Crippen LogP contribution in [-0.2, 0) is 10.0 Å². The molecule has 152 valence electrons. The maximum atomic E-state index is 13.0. The molecule has 1 amide bonds. The van der Waals surface area contributed by atoms with Gasteiger partial charge in [0, 0.05) is 18.7 Å². The maximum Gasteiger partial charge on any atom is 0.270 e. The van der Waals surface area contributed by atoms with Gasteiger partial charge in [-0.2, -0.15) is 4.31 Å². The minimum Gasteiger partial charge on any atom is -0.267 e. The van der Waals surface area contributed by atoms with Gasteiger partial charge in [0.25, 0.3) is 5.91 Å². The second-order valence-electron chi connectivity index (χ2n) is 7.84. The predicted molar refractivity (Wildman–Crippen MR) is 112 cm³/mol. The van der Waals surface area contributed by atoms with Crippen molar-refractivity contribution in [3.63, 3.8) is 0 Å². The van der Waals surface area contributed by atoms with Crippen LogP contribution in [0.4, 0.5) is 0 Å². The van der Waals surface area contributed by atoms with E-state index < -0.39 is 10.0 Å². The smallest absolute Gasteiger partial charge is 0.267 e. The molecule has 1 N–H and O–H groups in total. The first-order valence-electron chi connectivity index (χ1n) is 9.68. The van der Waals surface area contributed by atoms with Gasteiger partial charge in [-0.05, 0) is 54.7 Å². The summed E-state index contributed by atoms with van der Waals surface area (Å²) in [6, 6.07) is 13.6. The fraction of sp³-hybridized carbons (Fsp3) is 0.333. The molecule has 29 heavy (non-hydrogen) atoms. The van der Waals surface area contributed by atoms with E-state index in [0.29, 0.717) is 30.5 Å². The van der Waals surface area contributed by atoms with Crippen molar-refractivity contribution in [3.05, 3.63) is 60.4 Å². The van der Waals surface area contributed by atoms with Crippen LogP contribution in [0.1, 0.15) is 30.6 Å². The Hall–Kier alpha value is -2.71. The van der Waals surface area contributed by atoms with E-state index in [0.717, 1.165) is 17.5 Å². The van der Waals surface area contributed by atoms with E-state index in [9.17, 15) is 13.2 Å². The summed E-state index contributed by atoms with van der Waals surface area (Å²) in [5, 5.41) is 0. The number of carbonyl (C=O) groups excluding carboxylic acids is 1. The Morgan fingerprint density at radius 2 is 1.69 bits per heavy atom. The summed E-state index contributed by atoms with van der Waals surface area (Å²) in [5.41, 5.74) is 4.71. The number of hydrogen-bond acceptors (Lipinski definition) is 4. The van der Waals surface area contributed by atoms with Crippen LogP contribution in [0.5, 0.6) is 0 Å². The highest BCUT2D eigenvalue weighted by molar-refractivity contribution is 7.89. The predicted octanol–water partition coefficient (Wildman–Crippen LogP) is 3.09. The largest absolute Gasteiger partial charge is 0.270 e. The van der Waals surface area contributed by atoms with Crippen LogP contribution >= 0.6 is 0 Å². The summed E-state index contributed by atoms with van der Waals surface area (Å²) in [5.74, 6) is 0.337. The highest BCUT2D eigenvalue weighted by Gasteiger charge is 2.31. The number of nitrogens with zero attached hydrogens (tertiary/aromatic N) is 3. The van der Waals surface area contributed by atoms with Crippen LogP contribution < -0.4 is 5.43 Å². The van der Waals surface area contributed by atoms with Gasteiger partial charge in [0.1, 0.15) is 6.33 Å². The average Bonchev–Trinajstić information content (AvgIpc) is 3.10. The molecule has 1 aliphatic rings. The molecule has 1 aliphatic heterocycles. The Morgan fingerprint density at radius 3 is 2.38 bits per heavy atom. The van der Waals surface area contributed by atoms with Crippen molar-refractivity contribution in [2.24, 2.45) is 11.8 Å². The number of aromatic nitrogens is 2. The van der Waals surface area contributed by atoms with Crippen LogP contribution in [0.3, 0.4) is 0 Å². The quantitative estimate of drug-likeness (QED) is 0.714. The second kappa shape index (κ2) is 7.61. The van der Waals surface area contributed by atoms with Crippen molar-refractivity contribution < 1.29 is 13.2 Å². The molecule has 2 unspecified atom stereocenters. The van der Waals surface area contributed by atoms with E-state index in [1.807, 2.05) is 24.3 Å². The minimum absolute atomic E-state index is 0.212. The highest BCUT2D eigenvalue weighted by atomic mass is 32.2. The van der Waals surface area contributed by atoms with Gasteiger partial charge in [-0.3, -0.25) is 10.2 Å². The number of nitrogens with one attached hydrogen (secondary N) is 1. The van der Waals surface area contributed by atoms with E-state index in [4.69, 9.17) is 0 Å². The normalized spacial score (nSPS) is 20.6. The van der Waals surface area contributed by atoms with Crippen LogP contribution in [0.25, 0.3) is 11.0 Å². The van der Waals surface area contributed by atoms with E-state index in [2.05, 4.69) is 24.3 Å². The summed E-state index contributed by atoms with van der Waals surface area (Å²) in [7, 11) is -3.56. The van der Waals surface area contributed by atoms with Crippen molar-refractivity contribution in [3.8, 4) is 0 Å². The maximum absolute atomic E-state index is 13.0. The molecule has 0 bridgehead atoms. The van der Waals surface area contributed by atoms with Gasteiger partial charge in [-0.15, -0.1) is 0 Å². The van der Waals surface area contributed by atoms with Crippen LogP contribution in [-0.4, -0.2) is 41.4 Å². The Labute approximate surface area is 170 Å². The molecule has 3 aromatic rings. The molecule has 2 aromatic carbocycles. The van der Waals surface area contributed by atoms with Crippen molar-refractivity contribution in [2.75, 3.05) is 18.5 Å². The molecule has 0 aliphatic carbocycles. The summed E-state index contributed by atoms with van der Waals surface area (Å²) >= 11 is 0. The number of piperidine rings is 1. The number of amides is 1. The number of carbonyl (C=O) groups is 1. The average molecular weight is 413 g/mol. The van der Waals surface area contributed by atoms with Gasteiger partial charge in [-0.1, -0.05) is 26.0 Å². The Bertz CT molecular complexity index is 1130. The molecule has 2 heterocycles. The number of hydrogen-bond donors (Lipinski definition) is 1. The monoisotopic (exact) mass is 412 g/mol. The third-order valence-corrected chi connectivity index (χ3v) is 7.11. The molecule has 4 rings (SSSR count). The lowest BCUT2D eigenvalue weighted by molar-refractivity contribution is 0.101. The first-order valence-corrected chi connectivity index (χ1v) is 11.1. The molecule has 0 spiro atoms. The topological polar surface area (TPSA) is 84.3 Å². The number of fused-ring (bicyclic) bond motifs is 1. The third kappa shape index (κ3) is 3.90. The molecular weight excluding hydrogens is 388 g/mol. The number of rotatable bonds is 4. The fourth-order valence-corrected chi connectivity index (χ4v) is 5.63. The molecule has 7 nitrogen and oxygen atoms in total. The molecule has 1 aromatic heterocycles. The van der Waals surface area contributed by atoms with Gasteiger partial charge in [0.15, 0.2) is 0 Å². The Kier molecular flexibility index (Phi) is 5.14.